The number of para-hydroxylation sites is 2. The highest BCUT2D eigenvalue weighted by Crippen LogP contribution is 2.43. The van der Waals surface area contributed by atoms with Crippen molar-refractivity contribution in [2.45, 2.75) is 90.3 Å². The first-order valence-electron chi connectivity index (χ1n) is 20.7. The van der Waals surface area contributed by atoms with Crippen LogP contribution in [0.5, 0.6) is 34.5 Å². The van der Waals surface area contributed by atoms with Crippen molar-refractivity contribution in [3.8, 4) is 34.5 Å². The minimum absolute atomic E-state index is 0.147. The summed E-state index contributed by atoms with van der Waals surface area (Å²) in [6.07, 6.45) is 1.55. The van der Waals surface area contributed by atoms with Crippen molar-refractivity contribution < 1.29 is 32.5 Å². The van der Waals surface area contributed by atoms with Crippen LogP contribution in [0.3, 0.4) is 0 Å². The maximum absolute atomic E-state index is 15.4. The third-order valence-electron chi connectivity index (χ3n) is 11.6. The number of hydrogen-bond acceptors (Lipinski definition) is 5. The molecule has 0 saturated heterocycles. The maximum Gasteiger partial charge on any atom is 0.165 e. The van der Waals surface area contributed by atoms with Gasteiger partial charge in [0.25, 0.3) is 0 Å². The molecule has 0 spiro atoms. The highest BCUT2D eigenvalue weighted by molar-refractivity contribution is 5.40. The topological polar surface area (TPSA) is 46.2 Å². The van der Waals surface area contributed by atoms with Gasteiger partial charge in [0.15, 0.2) is 23.1 Å². The molecule has 308 valence electrons. The van der Waals surface area contributed by atoms with Crippen molar-refractivity contribution in [1.29, 1.82) is 0 Å². The number of rotatable bonds is 20. The minimum atomic E-state index is -0.518. The van der Waals surface area contributed by atoms with Crippen molar-refractivity contribution in [3.63, 3.8) is 0 Å². The van der Waals surface area contributed by atoms with E-state index in [4.69, 9.17) is 23.7 Å². The summed E-state index contributed by atoms with van der Waals surface area (Å²) in [4.78, 5) is 0. The second-order valence-electron chi connectivity index (χ2n) is 15.3. The Bertz CT molecular complexity index is 2050. The van der Waals surface area contributed by atoms with E-state index in [0.29, 0.717) is 37.6 Å². The molecular formula is C52H56F2O5. The van der Waals surface area contributed by atoms with E-state index in [1.54, 1.807) is 36.4 Å². The van der Waals surface area contributed by atoms with Gasteiger partial charge in [-0.25, -0.2) is 8.78 Å². The fourth-order valence-corrected chi connectivity index (χ4v) is 7.64. The third kappa shape index (κ3) is 10.5. The molecule has 0 fully saturated rings. The van der Waals surface area contributed by atoms with Crippen LogP contribution in [0.2, 0.25) is 0 Å². The van der Waals surface area contributed by atoms with Gasteiger partial charge in [0.05, 0.1) is 25.4 Å². The zero-order valence-electron chi connectivity index (χ0n) is 35.1. The van der Waals surface area contributed by atoms with Gasteiger partial charge in [0.1, 0.15) is 23.0 Å². The van der Waals surface area contributed by atoms with Crippen molar-refractivity contribution in [3.05, 3.63) is 179 Å². The van der Waals surface area contributed by atoms with Crippen molar-refractivity contribution in [2.75, 3.05) is 13.2 Å². The van der Waals surface area contributed by atoms with E-state index in [1.807, 2.05) is 86.6 Å². The van der Waals surface area contributed by atoms with Gasteiger partial charge >= 0.3 is 0 Å². The normalized spacial score (nSPS) is 14.4. The summed E-state index contributed by atoms with van der Waals surface area (Å²) < 4.78 is 62.2. The van der Waals surface area contributed by atoms with Gasteiger partial charge in [0, 0.05) is 10.8 Å². The molecule has 6 rings (SSSR count). The fourth-order valence-electron chi connectivity index (χ4n) is 7.64. The van der Waals surface area contributed by atoms with Gasteiger partial charge in [-0.3, -0.25) is 0 Å². The standard InChI is InChI=1S/C52H56F2O5/c1-7-51(5,39-23-27-41(28-24-39)55-9-3)49(35-37-21-31-45(53)47(33-37)57-43-17-13-11-14-18-43)59-50(52(6,8-2)40-25-29-42(30-26-40)56-10-4)36-38-22-32-46(54)48(34-38)58-44-19-15-12-16-20-44/h11-34,49-50H,7-10,35-36H2,1-6H3. The average Bonchev–Trinajstić information content (AvgIpc) is 3.26. The molecule has 59 heavy (non-hydrogen) atoms. The predicted molar refractivity (Wildman–Crippen MR) is 232 cm³/mol. The largest absolute Gasteiger partial charge is 0.494 e. The Kier molecular flexibility index (Phi) is 14.5. The van der Waals surface area contributed by atoms with Gasteiger partial charge in [-0.15, -0.1) is 0 Å². The molecule has 4 atom stereocenters. The first kappa shape index (κ1) is 42.9. The van der Waals surface area contributed by atoms with E-state index in [2.05, 4.69) is 52.0 Å². The smallest absolute Gasteiger partial charge is 0.165 e. The van der Waals surface area contributed by atoms with Crippen LogP contribution < -0.4 is 18.9 Å². The van der Waals surface area contributed by atoms with E-state index in [-0.39, 0.29) is 11.5 Å². The zero-order chi connectivity index (χ0) is 41.8. The van der Waals surface area contributed by atoms with Crippen molar-refractivity contribution in [2.24, 2.45) is 0 Å². The molecule has 0 N–H and O–H groups in total. The summed E-state index contributed by atoms with van der Waals surface area (Å²) >= 11 is 0. The van der Waals surface area contributed by atoms with E-state index in [1.165, 1.54) is 12.1 Å². The summed E-state index contributed by atoms with van der Waals surface area (Å²) in [7, 11) is 0. The van der Waals surface area contributed by atoms with Gasteiger partial charge in [0.2, 0.25) is 0 Å². The molecule has 0 aliphatic rings. The molecule has 0 radical (unpaired) electrons. The Labute approximate surface area is 348 Å². The van der Waals surface area contributed by atoms with Crippen LogP contribution in [-0.4, -0.2) is 25.4 Å². The van der Waals surface area contributed by atoms with E-state index in [9.17, 15) is 0 Å². The molecule has 0 aromatic heterocycles. The van der Waals surface area contributed by atoms with Crippen LogP contribution in [0.4, 0.5) is 8.78 Å². The second-order valence-corrected chi connectivity index (χ2v) is 15.3. The lowest BCUT2D eigenvalue weighted by molar-refractivity contribution is -0.0840. The fraction of sp³-hybridized carbons (Fsp3) is 0.308. The Morgan fingerprint density at radius 3 is 1.17 bits per heavy atom. The van der Waals surface area contributed by atoms with Crippen LogP contribution in [0.15, 0.2) is 146 Å². The van der Waals surface area contributed by atoms with E-state index < -0.39 is 34.7 Å². The maximum atomic E-state index is 15.4. The highest BCUT2D eigenvalue weighted by atomic mass is 19.1. The Morgan fingerprint density at radius 2 is 0.831 bits per heavy atom. The molecule has 0 heterocycles. The third-order valence-corrected chi connectivity index (χ3v) is 11.6. The highest BCUT2D eigenvalue weighted by Gasteiger charge is 2.43. The van der Waals surface area contributed by atoms with Crippen molar-refractivity contribution in [1.82, 2.24) is 0 Å². The summed E-state index contributed by atoms with van der Waals surface area (Å²) in [5.74, 6) is 2.09. The van der Waals surface area contributed by atoms with E-state index >= 15 is 8.78 Å². The van der Waals surface area contributed by atoms with Crippen molar-refractivity contribution >= 4 is 0 Å². The quantitative estimate of drug-likeness (QED) is 0.0770. The molecule has 0 bridgehead atoms. The van der Waals surface area contributed by atoms with Crippen LogP contribution >= 0.6 is 0 Å². The molecular weight excluding hydrogens is 743 g/mol. The minimum Gasteiger partial charge on any atom is -0.494 e. The monoisotopic (exact) mass is 798 g/mol. The molecule has 5 nitrogen and oxygen atoms in total. The SMILES string of the molecule is CCOc1ccc(C(C)(CC)C(Cc2ccc(F)c(Oc3ccccc3)c2)OC(Cc2ccc(F)c(Oc3ccccc3)c2)C(C)(CC)c2ccc(OCC)cc2)cc1. The lowest BCUT2D eigenvalue weighted by Crippen LogP contribution is -2.48. The molecule has 6 aromatic rings. The number of ether oxygens (including phenoxy) is 5. The first-order chi connectivity index (χ1) is 28.6. The lowest BCUT2D eigenvalue weighted by atomic mass is 9.71. The number of halogens is 2. The number of hydrogen-bond donors (Lipinski definition) is 0. The average molecular weight is 799 g/mol. The number of benzene rings is 6. The van der Waals surface area contributed by atoms with Gasteiger partial charge in [-0.1, -0.05) is 100 Å². The molecule has 4 unspecified atom stereocenters. The Hall–Kier alpha value is -5.66. The van der Waals surface area contributed by atoms with Crippen LogP contribution in [0, 0.1) is 11.6 Å². The Morgan fingerprint density at radius 1 is 0.458 bits per heavy atom. The van der Waals surface area contributed by atoms with Gasteiger partial charge in [-0.05, 0) is 135 Å². The second kappa shape index (κ2) is 19.9. The van der Waals surface area contributed by atoms with Gasteiger partial charge in [-0.2, -0.15) is 0 Å². The molecule has 0 amide bonds. The summed E-state index contributed by atoms with van der Waals surface area (Å²) in [6.45, 7) is 13.9. The summed E-state index contributed by atoms with van der Waals surface area (Å²) in [6, 6.07) is 45.1. The summed E-state index contributed by atoms with van der Waals surface area (Å²) in [5.41, 5.74) is 2.88. The summed E-state index contributed by atoms with van der Waals surface area (Å²) in [5, 5.41) is 0. The molecule has 0 saturated carbocycles. The molecule has 7 heteroatoms. The van der Waals surface area contributed by atoms with E-state index in [0.717, 1.165) is 46.6 Å². The lowest BCUT2D eigenvalue weighted by Gasteiger charge is -2.45. The van der Waals surface area contributed by atoms with Gasteiger partial charge < -0.3 is 23.7 Å². The van der Waals surface area contributed by atoms with Crippen LogP contribution in [0.1, 0.15) is 76.6 Å². The molecule has 6 aromatic carbocycles. The zero-order valence-corrected chi connectivity index (χ0v) is 35.1. The first-order valence-corrected chi connectivity index (χ1v) is 20.7. The van der Waals surface area contributed by atoms with Crippen LogP contribution in [-0.2, 0) is 28.4 Å². The molecule has 0 aliphatic heterocycles. The predicted octanol–water partition coefficient (Wildman–Crippen LogP) is 13.6. The Balaban J connectivity index is 1.46. The van der Waals surface area contributed by atoms with Crippen LogP contribution in [0.25, 0.3) is 0 Å². The molecule has 0 aliphatic carbocycles.